The van der Waals surface area contributed by atoms with Crippen LogP contribution in [0, 0.1) is 17.7 Å². The van der Waals surface area contributed by atoms with Gasteiger partial charge in [-0.1, -0.05) is 0 Å². The zero-order chi connectivity index (χ0) is 20.4. The third-order valence-corrected chi connectivity index (χ3v) is 6.79. The van der Waals surface area contributed by atoms with Crippen molar-refractivity contribution in [3.63, 3.8) is 0 Å². The van der Waals surface area contributed by atoms with Crippen molar-refractivity contribution in [3.8, 4) is 5.75 Å². The summed E-state index contributed by atoms with van der Waals surface area (Å²) in [5.41, 5.74) is 5.81. The Morgan fingerprint density at radius 1 is 1.23 bits per heavy atom. The molecule has 2 fully saturated rings. The SMILES string of the molecule is Cl.NC1CCC(C(S)c2nc3cc(OCC4CCOCC4)cc(F)c3c(=O)[nH]2)CC1. The van der Waals surface area contributed by atoms with E-state index in [1.54, 1.807) is 6.07 Å². The molecule has 3 N–H and O–H groups in total. The van der Waals surface area contributed by atoms with Crippen LogP contribution in [-0.4, -0.2) is 35.8 Å². The fraction of sp³-hybridized carbons (Fsp3) is 0.619. The minimum atomic E-state index is -0.621. The molecule has 166 valence electrons. The molecule has 4 rings (SSSR count). The number of ether oxygens (including phenoxy) is 2. The van der Waals surface area contributed by atoms with Crippen molar-refractivity contribution in [2.45, 2.75) is 49.8 Å². The minimum Gasteiger partial charge on any atom is -0.493 e. The topological polar surface area (TPSA) is 90.2 Å². The molecular formula is C21H29ClFN3O3S. The molecule has 1 aliphatic carbocycles. The van der Waals surface area contributed by atoms with Crippen LogP contribution < -0.4 is 16.0 Å². The molecule has 2 aliphatic rings. The largest absolute Gasteiger partial charge is 0.493 e. The number of aromatic amines is 1. The van der Waals surface area contributed by atoms with Gasteiger partial charge in [0, 0.05) is 31.4 Å². The quantitative estimate of drug-likeness (QED) is 0.594. The highest BCUT2D eigenvalue weighted by molar-refractivity contribution is 7.80. The van der Waals surface area contributed by atoms with Crippen LogP contribution >= 0.6 is 25.0 Å². The maximum Gasteiger partial charge on any atom is 0.261 e. The second-order valence-corrected chi connectivity index (χ2v) is 8.79. The van der Waals surface area contributed by atoms with Gasteiger partial charge in [0.05, 0.1) is 17.4 Å². The molecule has 30 heavy (non-hydrogen) atoms. The second-order valence-electron chi connectivity index (χ2n) is 8.24. The van der Waals surface area contributed by atoms with Gasteiger partial charge < -0.3 is 20.2 Å². The van der Waals surface area contributed by atoms with E-state index < -0.39 is 11.4 Å². The van der Waals surface area contributed by atoms with E-state index in [-0.39, 0.29) is 35.0 Å². The van der Waals surface area contributed by atoms with Crippen molar-refractivity contribution < 1.29 is 13.9 Å². The second kappa shape index (κ2) is 10.3. The number of aromatic nitrogens is 2. The summed E-state index contributed by atoms with van der Waals surface area (Å²) >= 11 is 4.72. The number of thiol groups is 1. The van der Waals surface area contributed by atoms with Crippen molar-refractivity contribution in [1.82, 2.24) is 9.97 Å². The number of nitrogens with zero attached hydrogens (tertiary/aromatic N) is 1. The van der Waals surface area contributed by atoms with Crippen LogP contribution in [0.25, 0.3) is 10.9 Å². The average molecular weight is 458 g/mol. The first-order valence-electron chi connectivity index (χ1n) is 10.4. The van der Waals surface area contributed by atoms with Gasteiger partial charge in [0.2, 0.25) is 0 Å². The van der Waals surface area contributed by atoms with Crippen LogP contribution in [0.1, 0.15) is 49.6 Å². The normalized spacial score (nSPS) is 23.7. The summed E-state index contributed by atoms with van der Waals surface area (Å²) in [6.45, 7) is 1.97. The van der Waals surface area contributed by atoms with Gasteiger partial charge >= 0.3 is 0 Å². The molecule has 2 aromatic rings. The zero-order valence-corrected chi connectivity index (χ0v) is 18.5. The Morgan fingerprint density at radius 3 is 2.63 bits per heavy atom. The number of rotatable bonds is 5. The van der Waals surface area contributed by atoms with Crippen molar-refractivity contribution >= 4 is 35.9 Å². The van der Waals surface area contributed by atoms with Crippen LogP contribution in [0.3, 0.4) is 0 Å². The van der Waals surface area contributed by atoms with Gasteiger partial charge in [-0.15, -0.1) is 12.4 Å². The van der Waals surface area contributed by atoms with Crippen molar-refractivity contribution in [2.24, 2.45) is 17.6 Å². The summed E-state index contributed by atoms with van der Waals surface area (Å²) in [4.78, 5) is 19.8. The lowest BCUT2D eigenvalue weighted by Gasteiger charge is -2.29. The van der Waals surface area contributed by atoms with Gasteiger partial charge in [-0.2, -0.15) is 12.6 Å². The van der Waals surface area contributed by atoms with E-state index in [4.69, 9.17) is 27.8 Å². The molecule has 2 heterocycles. The number of nitrogens with one attached hydrogen (secondary N) is 1. The molecule has 0 bridgehead atoms. The van der Waals surface area contributed by atoms with Crippen molar-refractivity contribution in [3.05, 3.63) is 34.1 Å². The van der Waals surface area contributed by atoms with E-state index in [0.29, 0.717) is 29.6 Å². The Balaban J connectivity index is 0.00000256. The molecule has 1 saturated carbocycles. The maximum atomic E-state index is 14.6. The molecule has 9 heteroatoms. The zero-order valence-electron chi connectivity index (χ0n) is 16.8. The molecule has 1 saturated heterocycles. The Labute approximate surface area is 186 Å². The lowest BCUT2D eigenvalue weighted by Crippen LogP contribution is -2.29. The summed E-state index contributed by atoms with van der Waals surface area (Å²) < 4.78 is 25.8. The van der Waals surface area contributed by atoms with Crippen LogP contribution in [-0.2, 0) is 4.74 Å². The maximum absolute atomic E-state index is 14.6. The van der Waals surface area contributed by atoms with Crippen LogP contribution in [0.4, 0.5) is 4.39 Å². The molecule has 1 atom stereocenters. The molecule has 1 aliphatic heterocycles. The van der Waals surface area contributed by atoms with Crippen molar-refractivity contribution in [1.29, 1.82) is 0 Å². The predicted molar refractivity (Wildman–Crippen MR) is 120 cm³/mol. The standard InChI is InChI=1S/C21H28FN3O3S.ClH/c22-16-9-15(28-11-12-5-7-27-8-6-12)10-17-18(16)21(26)25-20(24-17)19(29)13-1-3-14(23)4-2-13;/h9-10,12-14,19,29H,1-8,11,23H2,(H,24,25,26);1H. The number of hydrogen-bond donors (Lipinski definition) is 3. The van der Waals surface area contributed by atoms with Gasteiger partial charge in [-0.25, -0.2) is 9.37 Å². The molecular weight excluding hydrogens is 429 g/mol. The van der Waals surface area contributed by atoms with Gasteiger partial charge in [0.15, 0.2) is 0 Å². The van der Waals surface area contributed by atoms with E-state index in [2.05, 4.69) is 9.97 Å². The third-order valence-electron chi connectivity index (χ3n) is 6.12. The molecule has 1 aromatic heterocycles. The number of halogens is 2. The summed E-state index contributed by atoms with van der Waals surface area (Å²) in [5, 5.41) is -0.257. The molecule has 1 unspecified atom stereocenters. The Bertz CT molecular complexity index is 914. The number of nitrogens with two attached hydrogens (primary N) is 1. The van der Waals surface area contributed by atoms with E-state index in [0.717, 1.165) is 51.7 Å². The highest BCUT2D eigenvalue weighted by atomic mass is 35.5. The monoisotopic (exact) mass is 457 g/mol. The smallest absolute Gasteiger partial charge is 0.261 e. The average Bonchev–Trinajstić information content (AvgIpc) is 2.72. The summed E-state index contributed by atoms with van der Waals surface area (Å²) in [5.74, 6) is 0.933. The predicted octanol–water partition coefficient (Wildman–Crippen LogP) is 3.78. The lowest BCUT2D eigenvalue weighted by molar-refractivity contribution is 0.0497. The fourth-order valence-electron chi connectivity index (χ4n) is 4.25. The van der Waals surface area contributed by atoms with Gasteiger partial charge in [0.1, 0.15) is 22.8 Å². The number of benzene rings is 1. The van der Waals surface area contributed by atoms with Crippen molar-refractivity contribution in [2.75, 3.05) is 19.8 Å². The van der Waals surface area contributed by atoms with Gasteiger partial charge in [-0.3, -0.25) is 4.79 Å². The molecule has 6 nitrogen and oxygen atoms in total. The molecule has 0 radical (unpaired) electrons. The fourth-order valence-corrected chi connectivity index (χ4v) is 4.67. The first-order chi connectivity index (χ1) is 14.0. The Kier molecular flexibility index (Phi) is 8.01. The molecule has 0 spiro atoms. The minimum absolute atomic E-state index is 0. The van der Waals surface area contributed by atoms with Gasteiger partial charge in [0.25, 0.3) is 5.56 Å². The van der Waals surface area contributed by atoms with E-state index in [1.807, 2.05) is 0 Å². The third kappa shape index (κ3) is 5.28. The van der Waals surface area contributed by atoms with Crippen LogP contribution in [0.2, 0.25) is 0 Å². The van der Waals surface area contributed by atoms with Gasteiger partial charge in [-0.05, 0) is 50.4 Å². The first kappa shape index (κ1) is 23.3. The first-order valence-corrected chi connectivity index (χ1v) is 10.9. The Morgan fingerprint density at radius 2 is 1.93 bits per heavy atom. The number of H-pyrrole nitrogens is 1. The molecule has 1 aromatic carbocycles. The van der Waals surface area contributed by atoms with Crippen LogP contribution in [0.5, 0.6) is 5.75 Å². The summed E-state index contributed by atoms with van der Waals surface area (Å²) in [6.07, 6.45) is 5.64. The summed E-state index contributed by atoms with van der Waals surface area (Å²) in [7, 11) is 0. The van der Waals surface area contributed by atoms with Crippen LogP contribution in [0.15, 0.2) is 16.9 Å². The Hall–Kier alpha value is -1.35. The van der Waals surface area contributed by atoms with E-state index in [9.17, 15) is 9.18 Å². The van der Waals surface area contributed by atoms with E-state index in [1.165, 1.54) is 6.07 Å². The highest BCUT2D eigenvalue weighted by Crippen LogP contribution is 2.37. The molecule has 0 amide bonds. The number of hydrogen-bond acceptors (Lipinski definition) is 6. The van der Waals surface area contributed by atoms with E-state index >= 15 is 0 Å². The summed E-state index contributed by atoms with van der Waals surface area (Å²) in [6, 6.07) is 3.15. The number of fused-ring (bicyclic) bond motifs is 1. The highest BCUT2D eigenvalue weighted by Gasteiger charge is 2.27. The lowest BCUT2D eigenvalue weighted by atomic mass is 9.84.